The van der Waals surface area contributed by atoms with Crippen LogP contribution < -0.4 is 10.1 Å². The van der Waals surface area contributed by atoms with Crippen LogP contribution in [-0.2, 0) is 4.79 Å². The van der Waals surface area contributed by atoms with E-state index in [0.29, 0.717) is 0 Å². The van der Waals surface area contributed by atoms with Crippen LogP contribution in [0.2, 0.25) is 0 Å². The summed E-state index contributed by atoms with van der Waals surface area (Å²) in [6, 6.07) is 3.59. The number of halogens is 3. The fourth-order valence-corrected chi connectivity index (χ4v) is 1.32. The average Bonchev–Trinajstić information content (AvgIpc) is 2.25. The highest BCUT2D eigenvalue weighted by Gasteiger charge is 2.31. The van der Waals surface area contributed by atoms with Gasteiger partial charge in [0.25, 0.3) is 0 Å². The van der Waals surface area contributed by atoms with Gasteiger partial charge in [-0.25, -0.2) is 4.79 Å². The van der Waals surface area contributed by atoms with E-state index in [9.17, 15) is 22.8 Å². The van der Waals surface area contributed by atoms with E-state index >= 15 is 0 Å². The topological polar surface area (TPSA) is 75.6 Å². The number of hydrogen-bond acceptors (Lipinski definition) is 3. The molecule has 8 heteroatoms. The number of rotatable bonds is 4. The molecular weight excluding hydrogens is 267 g/mol. The molecule has 1 amide bonds. The number of benzene rings is 1. The van der Waals surface area contributed by atoms with Gasteiger partial charge in [-0.15, -0.1) is 0 Å². The van der Waals surface area contributed by atoms with E-state index in [2.05, 4.69) is 0 Å². The van der Waals surface area contributed by atoms with Crippen LogP contribution >= 0.6 is 0 Å². The lowest BCUT2D eigenvalue weighted by molar-refractivity contribution is -0.150. The van der Waals surface area contributed by atoms with Crippen molar-refractivity contribution < 1.29 is 32.6 Å². The van der Waals surface area contributed by atoms with Gasteiger partial charge in [0, 0.05) is 6.07 Å². The molecule has 1 rings (SSSR count). The summed E-state index contributed by atoms with van der Waals surface area (Å²) < 4.78 is 40.8. The summed E-state index contributed by atoms with van der Waals surface area (Å²) in [7, 11) is 1.30. The molecule has 0 heterocycles. The van der Waals surface area contributed by atoms with Gasteiger partial charge in [0.1, 0.15) is 12.2 Å². The van der Waals surface area contributed by atoms with Crippen LogP contribution in [0, 0.1) is 0 Å². The number of ether oxygens (including phenoxy) is 1. The summed E-state index contributed by atoms with van der Waals surface area (Å²) in [6.45, 7) is 0. The molecule has 0 aliphatic heterocycles. The van der Waals surface area contributed by atoms with Crippen molar-refractivity contribution in [2.45, 2.75) is 12.6 Å². The van der Waals surface area contributed by atoms with Crippen molar-refractivity contribution in [1.82, 2.24) is 0 Å². The maximum atomic E-state index is 12.0. The molecule has 2 N–H and O–H groups in total. The molecule has 104 valence electrons. The predicted molar refractivity (Wildman–Crippen MR) is 59.3 cm³/mol. The van der Waals surface area contributed by atoms with Gasteiger partial charge in [0.05, 0.1) is 18.4 Å². The Kier molecular flexibility index (Phi) is 4.36. The highest BCUT2D eigenvalue weighted by Crippen LogP contribution is 2.25. The molecule has 5 nitrogen and oxygen atoms in total. The molecule has 0 aliphatic rings. The summed E-state index contributed by atoms with van der Waals surface area (Å²) in [5, 5.41) is 10.8. The molecule has 0 aromatic heterocycles. The second kappa shape index (κ2) is 5.59. The number of carboxylic acids is 1. The first-order chi connectivity index (χ1) is 8.73. The smallest absolute Gasteiger partial charge is 0.397 e. The summed E-state index contributed by atoms with van der Waals surface area (Å²) in [5.41, 5.74) is -0.572. The van der Waals surface area contributed by atoms with Crippen molar-refractivity contribution >= 4 is 17.6 Å². The van der Waals surface area contributed by atoms with Crippen LogP contribution in [0.3, 0.4) is 0 Å². The normalized spacial score (nSPS) is 10.9. The lowest BCUT2D eigenvalue weighted by Gasteiger charge is -2.11. The molecule has 0 fully saturated rings. The summed E-state index contributed by atoms with van der Waals surface area (Å²) in [4.78, 5) is 22.0. The Morgan fingerprint density at radius 2 is 2.00 bits per heavy atom. The zero-order valence-electron chi connectivity index (χ0n) is 9.75. The van der Waals surface area contributed by atoms with Crippen molar-refractivity contribution in [2.75, 3.05) is 12.4 Å². The van der Waals surface area contributed by atoms with Crippen LogP contribution in [0.25, 0.3) is 0 Å². The molecule has 0 aliphatic carbocycles. The lowest BCUT2D eigenvalue weighted by atomic mass is 10.1. The Morgan fingerprint density at radius 3 is 2.47 bits per heavy atom. The van der Waals surface area contributed by atoms with Gasteiger partial charge < -0.3 is 15.2 Å². The molecule has 0 saturated carbocycles. The van der Waals surface area contributed by atoms with Crippen molar-refractivity contribution in [2.24, 2.45) is 0 Å². The third kappa shape index (κ3) is 4.49. The third-order valence-electron chi connectivity index (χ3n) is 2.09. The zero-order chi connectivity index (χ0) is 14.6. The third-order valence-corrected chi connectivity index (χ3v) is 2.09. The zero-order valence-corrected chi connectivity index (χ0v) is 9.75. The van der Waals surface area contributed by atoms with Crippen LogP contribution in [0.15, 0.2) is 18.2 Å². The molecule has 0 unspecified atom stereocenters. The summed E-state index contributed by atoms with van der Waals surface area (Å²) >= 11 is 0. The van der Waals surface area contributed by atoms with Crippen molar-refractivity contribution in [3.63, 3.8) is 0 Å². The molecule has 0 atom stereocenters. The number of amides is 1. The maximum absolute atomic E-state index is 12.0. The first-order valence-electron chi connectivity index (χ1n) is 5.01. The Bertz CT molecular complexity index is 499. The first kappa shape index (κ1) is 14.8. The number of methoxy groups -OCH3 is 1. The molecule has 1 aromatic rings. The van der Waals surface area contributed by atoms with Crippen LogP contribution in [0.4, 0.5) is 18.9 Å². The van der Waals surface area contributed by atoms with E-state index in [1.54, 1.807) is 0 Å². The quantitative estimate of drug-likeness (QED) is 0.885. The highest BCUT2D eigenvalue weighted by molar-refractivity contribution is 6.00. The minimum Gasteiger partial charge on any atom is -0.497 e. The number of carbonyl (C=O) groups excluding carboxylic acids is 1. The number of carboxylic acid groups (broad SMARTS) is 1. The van der Waals surface area contributed by atoms with E-state index in [1.807, 2.05) is 5.32 Å². The minimum atomic E-state index is -4.66. The van der Waals surface area contributed by atoms with Crippen molar-refractivity contribution in [3.05, 3.63) is 23.8 Å². The SMILES string of the molecule is COc1ccc(C(=O)O)c(NC(=O)CC(F)(F)F)c1. The van der Waals surface area contributed by atoms with E-state index in [4.69, 9.17) is 9.84 Å². The summed E-state index contributed by atoms with van der Waals surface area (Å²) in [6.07, 6.45) is -6.35. The van der Waals surface area contributed by atoms with E-state index in [0.717, 1.165) is 12.1 Å². The van der Waals surface area contributed by atoms with E-state index in [-0.39, 0.29) is 17.0 Å². The number of carbonyl (C=O) groups is 2. The second-order valence-electron chi connectivity index (χ2n) is 3.56. The Hall–Kier alpha value is -2.25. The number of aromatic carboxylic acids is 1. The fraction of sp³-hybridized carbons (Fsp3) is 0.273. The molecular formula is C11H10F3NO4. The largest absolute Gasteiger partial charge is 0.497 e. The number of anilines is 1. The standard InChI is InChI=1S/C11H10F3NO4/c1-19-6-2-3-7(10(17)18)8(4-6)15-9(16)5-11(12,13)14/h2-4H,5H2,1H3,(H,15,16)(H,17,18). The Balaban J connectivity index is 2.98. The van der Waals surface area contributed by atoms with Gasteiger partial charge >= 0.3 is 12.1 Å². The fourth-order valence-electron chi connectivity index (χ4n) is 1.32. The van der Waals surface area contributed by atoms with Crippen LogP contribution in [0.5, 0.6) is 5.75 Å². The van der Waals surface area contributed by atoms with Crippen molar-refractivity contribution in [1.29, 1.82) is 0 Å². The average molecular weight is 277 g/mol. The molecule has 0 spiro atoms. The van der Waals surface area contributed by atoms with Crippen LogP contribution in [-0.4, -0.2) is 30.3 Å². The predicted octanol–water partition coefficient (Wildman–Crippen LogP) is 2.28. The molecule has 0 saturated heterocycles. The minimum absolute atomic E-state index is 0.215. The highest BCUT2D eigenvalue weighted by atomic mass is 19.4. The van der Waals surface area contributed by atoms with Gasteiger partial charge in [-0.2, -0.15) is 13.2 Å². The molecule has 1 aromatic carbocycles. The number of hydrogen-bond donors (Lipinski definition) is 2. The van der Waals surface area contributed by atoms with E-state index < -0.39 is 24.5 Å². The van der Waals surface area contributed by atoms with E-state index in [1.165, 1.54) is 13.2 Å². The maximum Gasteiger partial charge on any atom is 0.397 e. The lowest BCUT2D eigenvalue weighted by Crippen LogP contribution is -2.22. The second-order valence-corrected chi connectivity index (χ2v) is 3.56. The molecule has 0 bridgehead atoms. The van der Waals surface area contributed by atoms with Gasteiger partial charge in [0.15, 0.2) is 0 Å². The number of nitrogens with one attached hydrogen (secondary N) is 1. The van der Waals surface area contributed by atoms with Gasteiger partial charge in [-0.1, -0.05) is 0 Å². The van der Waals surface area contributed by atoms with Crippen molar-refractivity contribution in [3.8, 4) is 5.75 Å². The molecule has 19 heavy (non-hydrogen) atoms. The van der Waals surface area contributed by atoms with Gasteiger partial charge in [-0.3, -0.25) is 4.79 Å². The molecule has 0 radical (unpaired) electrons. The van der Waals surface area contributed by atoms with Gasteiger partial charge in [0.2, 0.25) is 5.91 Å². The Labute approximate surface area is 106 Å². The Morgan fingerprint density at radius 1 is 1.37 bits per heavy atom. The van der Waals surface area contributed by atoms with Crippen LogP contribution in [0.1, 0.15) is 16.8 Å². The summed E-state index contributed by atoms with van der Waals surface area (Å²) in [5.74, 6) is -2.50. The first-order valence-corrected chi connectivity index (χ1v) is 5.01. The monoisotopic (exact) mass is 277 g/mol. The van der Waals surface area contributed by atoms with Gasteiger partial charge in [-0.05, 0) is 12.1 Å². The number of alkyl halides is 3.